The predicted octanol–water partition coefficient (Wildman–Crippen LogP) is 1.02. The van der Waals surface area contributed by atoms with Crippen LogP contribution in [0.2, 0.25) is 0 Å². The lowest BCUT2D eigenvalue weighted by Crippen LogP contribution is -2.15. The first kappa shape index (κ1) is 13.2. The van der Waals surface area contributed by atoms with Crippen LogP contribution in [0.3, 0.4) is 0 Å². The number of hydrogen-bond acceptors (Lipinski definition) is 5. The average Bonchev–Trinajstić information content (AvgIpc) is 2.76. The highest BCUT2D eigenvalue weighted by Gasteiger charge is 2.09. The minimum atomic E-state index is -0.808. The molecule has 0 bridgehead atoms. The number of carboxylic acids is 1. The Morgan fingerprint density at radius 2 is 2.29 bits per heavy atom. The van der Waals surface area contributed by atoms with E-state index in [1.165, 1.54) is 13.4 Å². The van der Waals surface area contributed by atoms with E-state index >= 15 is 0 Å². The lowest BCUT2D eigenvalue weighted by molar-refractivity contribution is -0.137. The number of esters is 1. The Morgan fingerprint density at radius 3 is 2.94 bits per heavy atom. The maximum atomic E-state index is 11.1. The Balaban J connectivity index is 2.25. The van der Waals surface area contributed by atoms with E-state index in [-0.39, 0.29) is 6.42 Å². The fourth-order valence-electron chi connectivity index (χ4n) is 1.27. The van der Waals surface area contributed by atoms with Crippen LogP contribution in [0, 0.1) is 0 Å². The Hall–Kier alpha value is -1.82. The zero-order chi connectivity index (χ0) is 12.7. The van der Waals surface area contributed by atoms with Gasteiger partial charge in [0, 0.05) is 6.42 Å². The first-order chi connectivity index (χ1) is 8.13. The molecule has 1 aromatic rings. The Bertz CT molecular complexity index is 385. The summed E-state index contributed by atoms with van der Waals surface area (Å²) in [6.07, 6.45) is 2.03. The third-order valence-electron chi connectivity index (χ3n) is 2.12. The van der Waals surface area contributed by atoms with Gasteiger partial charge < -0.3 is 19.6 Å². The number of carboxylic acid groups (broad SMARTS) is 1. The molecule has 1 rings (SSSR count). The summed E-state index contributed by atoms with van der Waals surface area (Å²) in [5, 5.41) is 11.4. The molecular weight excluding hydrogens is 226 g/mol. The van der Waals surface area contributed by atoms with E-state index in [0.29, 0.717) is 30.8 Å². The summed E-state index contributed by atoms with van der Waals surface area (Å²) in [6.45, 7) is 1.04. The first-order valence-electron chi connectivity index (χ1n) is 5.21. The molecule has 0 saturated carbocycles. The standard InChI is InChI=1S/C11H15NO5/c1-16-11(15)8-5-9(17-7-8)6-12-4-2-3-10(13)14/h5,7,12H,2-4,6H2,1H3,(H,13,14). The van der Waals surface area contributed by atoms with Crippen molar-refractivity contribution in [2.75, 3.05) is 13.7 Å². The summed E-state index contributed by atoms with van der Waals surface area (Å²) in [6, 6.07) is 1.59. The van der Waals surface area contributed by atoms with Gasteiger partial charge in [-0.05, 0) is 19.0 Å². The van der Waals surface area contributed by atoms with Gasteiger partial charge in [-0.2, -0.15) is 0 Å². The highest BCUT2D eigenvalue weighted by molar-refractivity contribution is 5.88. The summed E-state index contributed by atoms with van der Waals surface area (Å²) in [5.74, 6) is -0.635. The number of carbonyl (C=O) groups is 2. The largest absolute Gasteiger partial charge is 0.481 e. The maximum absolute atomic E-state index is 11.1. The number of nitrogens with one attached hydrogen (secondary N) is 1. The molecule has 1 heterocycles. The maximum Gasteiger partial charge on any atom is 0.341 e. The Labute approximate surface area is 98.6 Å². The van der Waals surface area contributed by atoms with Gasteiger partial charge in [0.2, 0.25) is 0 Å². The molecule has 1 aromatic heterocycles. The van der Waals surface area contributed by atoms with Crippen LogP contribution >= 0.6 is 0 Å². The highest BCUT2D eigenvalue weighted by Crippen LogP contribution is 2.08. The van der Waals surface area contributed by atoms with Gasteiger partial charge in [0.25, 0.3) is 0 Å². The van der Waals surface area contributed by atoms with Gasteiger partial charge in [-0.15, -0.1) is 0 Å². The summed E-state index contributed by atoms with van der Waals surface area (Å²) in [5.41, 5.74) is 0.370. The van der Waals surface area contributed by atoms with Gasteiger partial charge in [0.15, 0.2) is 0 Å². The van der Waals surface area contributed by atoms with Crippen LogP contribution in [0.5, 0.6) is 0 Å². The lowest BCUT2D eigenvalue weighted by Gasteiger charge is -2.00. The zero-order valence-electron chi connectivity index (χ0n) is 9.56. The molecule has 0 radical (unpaired) electrons. The van der Waals surface area contributed by atoms with Gasteiger partial charge in [-0.3, -0.25) is 4.79 Å². The smallest absolute Gasteiger partial charge is 0.341 e. The number of hydrogen-bond donors (Lipinski definition) is 2. The molecule has 6 nitrogen and oxygen atoms in total. The quantitative estimate of drug-likeness (QED) is 0.547. The van der Waals surface area contributed by atoms with Crippen LogP contribution in [0.1, 0.15) is 29.0 Å². The number of aliphatic carboxylic acids is 1. The normalized spacial score (nSPS) is 10.2. The van der Waals surface area contributed by atoms with Crippen LogP contribution < -0.4 is 5.32 Å². The first-order valence-corrected chi connectivity index (χ1v) is 5.21. The summed E-state index contributed by atoms with van der Waals surface area (Å²) in [4.78, 5) is 21.4. The van der Waals surface area contributed by atoms with Gasteiger partial charge in [0.1, 0.15) is 12.0 Å². The SMILES string of the molecule is COC(=O)c1coc(CNCCCC(=O)O)c1. The molecule has 0 saturated heterocycles. The Morgan fingerprint density at radius 1 is 1.53 bits per heavy atom. The number of carbonyl (C=O) groups excluding carboxylic acids is 1. The molecule has 0 aliphatic carbocycles. The van der Waals surface area contributed by atoms with Gasteiger partial charge in [-0.25, -0.2) is 4.79 Å². The molecule has 17 heavy (non-hydrogen) atoms. The Kier molecular flexibility index (Phi) is 5.22. The second-order valence-corrected chi connectivity index (χ2v) is 3.47. The van der Waals surface area contributed by atoms with Crippen molar-refractivity contribution in [3.8, 4) is 0 Å². The topological polar surface area (TPSA) is 88.8 Å². The van der Waals surface area contributed by atoms with E-state index in [4.69, 9.17) is 9.52 Å². The minimum absolute atomic E-state index is 0.137. The fraction of sp³-hybridized carbons (Fsp3) is 0.455. The molecule has 94 valence electrons. The van der Waals surface area contributed by atoms with Crippen LogP contribution in [0.15, 0.2) is 16.7 Å². The van der Waals surface area contributed by atoms with E-state index in [9.17, 15) is 9.59 Å². The monoisotopic (exact) mass is 241 g/mol. The van der Waals surface area contributed by atoms with E-state index in [0.717, 1.165) is 0 Å². The molecule has 0 aliphatic rings. The number of ether oxygens (including phenoxy) is 1. The summed E-state index contributed by atoms with van der Waals surface area (Å²) < 4.78 is 9.67. The van der Waals surface area contributed by atoms with Crippen molar-refractivity contribution in [1.82, 2.24) is 5.32 Å². The summed E-state index contributed by atoms with van der Waals surface area (Å²) >= 11 is 0. The predicted molar refractivity (Wildman–Crippen MR) is 58.6 cm³/mol. The molecule has 2 N–H and O–H groups in total. The fourth-order valence-corrected chi connectivity index (χ4v) is 1.27. The van der Waals surface area contributed by atoms with Crippen LogP contribution in [0.25, 0.3) is 0 Å². The number of rotatable bonds is 7. The van der Waals surface area contributed by atoms with Crippen molar-refractivity contribution >= 4 is 11.9 Å². The van der Waals surface area contributed by atoms with Gasteiger partial charge >= 0.3 is 11.9 Å². The van der Waals surface area contributed by atoms with Crippen LogP contribution in [-0.4, -0.2) is 30.7 Å². The molecule has 0 spiro atoms. The zero-order valence-corrected chi connectivity index (χ0v) is 9.56. The van der Waals surface area contributed by atoms with Gasteiger partial charge in [-0.1, -0.05) is 0 Å². The van der Waals surface area contributed by atoms with Crippen molar-refractivity contribution < 1.29 is 23.8 Å². The molecular formula is C11H15NO5. The highest BCUT2D eigenvalue weighted by atomic mass is 16.5. The molecule has 0 fully saturated rings. The second kappa shape index (κ2) is 6.70. The molecule has 0 atom stereocenters. The third-order valence-corrected chi connectivity index (χ3v) is 2.12. The summed E-state index contributed by atoms with van der Waals surface area (Å²) in [7, 11) is 1.30. The van der Waals surface area contributed by atoms with Crippen molar-refractivity contribution in [1.29, 1.82) is 0 Å². The van der Waals surface area contributed by atoms with E-state index in [1.807, 2.05) is 0 Å². The molecule has 0 aliphatic heterocycles. The van der Waals surface area contributed by atoms with Crippen LogP contribution in [0.4, 0.5) is 0 Å². The van der Waals surface area contributed by atoms with Crippen molar-refractivity contribution in [3.05, 3.63) is 23.7 Å². The van der Waals surface area contributed by atoms with E-state index in [2.05, 4.69) is 10.1 Å². The molecule has 0 amide bonds. The molecule has 6 heteroatoms. The van der Waals surface area contributed by atoms with Crippen molar-refractivity contribution in [3.63, 3.8) is 0 Å². The van der Waals surface area contributed by atoms with Crippen molar-refractivity contribution in [2.45, 2.75) is 19.4 Å². The van der Waals surface area contributed by atoms with Crippen LogP contribution in [-0.2, 0) is 16.1 Å². The minimum Gasteiger partial charge on any atom is -0.481 e. The van der Waals surface area contributed by atoms with E-state index in [1.54, 1.807) is 6.07 Å². The number of methoxy groups -OCH3 is 1. The van der Waals surface area contributed by atoms with Crippen molar-refractivity contribution in [2.24, 2.45) is 0 Å². The third kappa shape index (κ3) is 4.69. The molecule has 0 aromatic carbocycles. The molecule has 0 unspecified atom stereocenters. The number of furan rings is 1. The average molecular weight is 241 g/mol. The lowest BCUT2D eigenvalue weighted by atomic mass is 10.3. The van der Waals surface area contributed by atoms with E-state index < -0.39 is 11.9 Å². The van der Waals surface area contributed by atoms with Gasteiger partial charge in [0.05, 0.1) is 19.2 Å². The second-order valence-electron chi connectivity index (χ2n) is 3.47.